The van der Waals surface area contributed by atoms with Crippen molar-refractivity contribution in [1.29, 1.82) is 0 Å². The van der Waals surface area contributed by atoms with Crippen molar-refractivity contribution in [2.45, 2.75) is 170 Å². The molecular formula is C48H65F2N3O19. The summed E-state index contributed by atoms with van der Waals surface area (Å²) in [5.41, 5.74) is 0.334. The number of carboxylic acids is 1. The molecule has 20 atom stereocenters. The Kier molecular flexibility index (Phi) is 18.8. The van der Waals surface area contributed by atoms with Gasteiger partial charge in [0.15, 0.2) is 42.7 Å². The summed E-state index contributed by atoms with van der Waals surface area (Å²) in [4.78, 5) is 26.2. The Hall–Kier alpha value is -4.22. The van der Waals surface area contributed by atoms with E-state index >= 15 is 0 Å². The minimum atomic E-state index is -1.75. The number of carbonyl (C=O) groups is 2. The molecule has 3 aromatic rings. The first kappa shape index (κ1) is 55.5. The molecule has 4 heterocycles. The molecule has 4 aliphatic rings. The lowest BCUT2D eigenvalue weighted by Gasteiger charge is -2.49. The quantitative estimate of drug-likeness (QED) is 0.0739. The number of nitrogens with zero attached hydrogens (tertiary/aromatic N) is 3. The number of rotatable bonds is 19. The number of ether oxygens (including phenoxy) is 8. The van der Waals surface area contributed by atoms with Crippen LogP contribution in [0.4, 0.5) is 8.78 Å². The Balaban J connectivity index is 1.19. The predicted octanol–water partition coefficient (Wildman–Crippen LogP) is 0.505. The number of aliphatic hydroxyl groups excluding tert-OH is 8. The van der Waals surface area contributed by atoms with E-state index in [1.54, 1.807) is 25.1 Å². The zero-order valence-corrected chi connectivity index (χ0v) is 40.0. The second-order valence-electron chi connectivity index (χ2n) is 18.8. The Morgan fingerprint density at radius 1 is 0.819 bits per heavy atom. The van der Waals surface area contributed by atoms with Gasteiger partial charge in [0.25, 0.3) is 0 Å². The molecule has 9 unspecified atom stereocenters. The van der Waals surface area contributed by atoms with Gasteiger partial charge in [0.2, 0.25) is 0 Å². The zero-order valence-electron chi connectivity index (χ0n) is 40.0. The normalized spacial score (nSPS) is 36.7. The second-order valence-corrected chi connectivity index (χ2v) is 18.8. The van der Waals surface area contributed by atoms with E-state index in [1.807, 2.05) is 6.92 Å². The number of aliphatic carboxylic acids is 1. The topological polar surface area (TPSA) is 321 Å². The minimum absolute atomic E-state index is 0.00594. The van der Waals surface area contributed by atoms with E-state index in [0.29, 0.717) is 19.3 Å². The molecular weight excluding hydrogens is 961 g/mol. The van der Waals surface area contributed by atoms with Crippen LogP contribution >= 0.6 is 0 Å². The van der Waals surface area contributed by atoms with Gasteiger partial charge in [0.1, 0.15) is 66.7 Å². The highest BCUT2D eigenvalue weighted by Gasteiger charge is 2.54. The molecule has 4 fully saturated rings. The van der Waals surface area contributed by atoms with Crippen LogP contribution in [0.3, 0.4) is 0 Å². The Bertz CT molecular complexity index is 2230. The number of esters is 1. The third kappa shape index (κ3) is 12.1. The molecule has 3 saturated heterocycles. The molecule has 0 radical (unpaired) electrons. The van der Waals surface area contributed by atoms with Crippen molar-refractivity contribution < 1.29 is 102 Å². The molecule has 22 nitrogen and oxygen atoms in total. The standard InChI is InChI=1S/C48H65F2N3O19/c1-5-10-29(44(62)63)67-42-37(58)32(19-55)70-48(43(42)71-45(64)25-11-8-7-9-12-25)68-30-15-23(14-24(6-2)41(30)72-47-40(61)39(60)35(56)22(4)66-47)20-65-46-38(59)34(36(57)31(18-54)69-46)53-17-28(51-52-53)26-13-21(3)33(50)27(49)16-26/h7-9,11-13,16-17,22-24,29-32,34-43,46-48,54-61H,5-6,10,14-15,18-20H2,1-4H3,(H,62,63)/t22?,23?,24?,29-,30+,31?,32-,34?,35+,36+,37-,38?,39-,40?,41+,42?,43?,46-,47-,48+/m0/s1. The molecule has 72 heavy (non-hydrogen) atoms. The van der Waals surface area contributed by atoms with Gasteiger partial charge >= 0.3 is 11.9 Å². The van der Waals surface area contributed by atoms with Crippen molar-refractivity contribution in [3.8, 4) is 11.3 Å². The smallest absolute Gasteiger partial charge is 0.338 e. The second kappa shape index (κ2) is 24.4. The van der Waals surface area contributed by atoms with Gasteiger partial charge in [-0.25, -0.2) is 23.1 Å². The maximum absolute atomic E-state index is 14.4. The summed E-state index contributed by atoms with van der Waals surface area (Å²) >= 11 is 0. The van der Waals surface area contributed by atoms with E-state index in [2.05, 4.69) is 10.3 Å². The van der Waals surface area contributed by atoms with Crippen LogP contribution in [0.5, 0.6) is 0 Å². The lowest BCUT2D eigenvalue weighted by Crippen LogP contribution is -2.64. The van der Waals surface area contributed by atoms with Gasteiger partial charge < -0.3 is 83.9 Å². The van der Waals surface area contributed by atoms with Crippen molar-refractivity contribution in [3.05, 3.63) is 71.4 Å². The lowest BCUT2D eigenvalue weighted by atomic mass is 9.76. The van der Waals surface area contributed by atoms with Gasteiger partial charge in [0, 0.05) is 5.56 Å². The van der Waals surface area contributed by atoms with Crippen LogP contribution in [-0.4, -0.2) is 197 Å². The SMILES string of the molecule is CCC[C@H](OC1C(OC(=O)c2ccccc2)[C@H](O[C@@H]2CC(CO[C@H]3OC(CO)[C@@H](O)C(n4cc(-c5cc(C)c(F)c(F)c5)nn4)C3O)CC(CC)[C@H]2O[C@@H]2OC(C)[C@@H](O)[C@H](O)C2O)O[C@@H](CO)[C@@H]1O)C(=O)O. The molecule has 0 bridgehead atoms. The molecule has 24 heteroatoms. The van der Waals surface area contributed by atoms with Gasteiger partial charge in [-0.2, -0.15) is 0 Å². The largest absolute Gasteiger partial charge is 0.479 e. The summed E-state index contributed by atoms with van der Waals surface area (Å²) in [5.74, 6) is -5.47. The van der Waals surface area contributed by atoms with Gasteiger partial charge in [-0.3, -0.25) is 0 Å². The molecule has 2 aromatic carbocycles. The fraction of sp³-hybridized carbons (Fsp3) is 0.667. The summed E-state index contributed by atoms with van der Waals surface area (Å²) in [7, 11) is 0. The maximum Gasteiger partial charge on any atom is 0.338 e. The fourth-order valence-electron chi connectivity index (χ4n) is 9.82. The Morgan fingerprint density at radius 3 is 2.17 bits per heavy atom. The monoisotopic (exact) mass is 1030 g/mol. The first-order valence-electron chi connectivity index (χ1n) is 24.1. The average Bonchev–Trinajstić information content (AvgIpc) is 3.85. The third-order valence-electron chi connectivity index (χ3n) is 13.8. The molecule has 7 rings (SSSR count). The van der Waals surface area contributed by atoms with Crippen LogP contribution in [-0.2, 0) is 42.7 Å². The molecule has 1 saturated carbocycles. The fourth-order valence-corrected chi connectivity index (χ4v) is 9.82. The number of hydrogen-bond acceptors (Lipinski definition) is 20. The summed E-state index contributed by atoms with van der Waals surface area (Å²) < 4.78 is 78.8. The molecule has 1 aliphatic carbocycles. The van der Waals surface area contributed by atoms with Crippen molar-refractivity contribution in [1.82, 2.24) is 15.0 Å². The summed E-state index contributed by atoms with van der Waals surface area (Å²) in [6.45, 7) is 4.67. The number of benzene rings is 2. The van der Waals surface area contributed by atoms with Crippen molar-refractivity contribution >= 4 is 11.9 Å². The Labute approximate surface area is 412 Å². The van der Waals surface area contributed by atoms with Gasteiger partial charge in [-0.1, -0.05) is 50.1 Å². The summed E-state index contributed by atoms with van der Waals surface area (Å²) in [5, 5.41) is 106. The lowest BCUT2D eigenvalue weighted by molar-refractivity contribution is -0.351. The number of halogens is 2. The summed E-state index contributed by atoms with van der Waals surface area (Å²) in [6, 6.07) is 8.70. The van der Waals surface area contributed by atoms with Gasteiger partial charge in [-0.15, -0.1) is 5.10 Å². The Morgan fingerprint density at radius 2 is 1.51 bits per heavy atom. The molecule has 1 aromatic heterocycles. The van der Waals surface area contributed by atoms with E-state index in [4.69, 9.17) is 37.9 Å². The molecule has 400 valence electrons. The van der Waals surface area contributed by atoms with Crippen molar-refractivity contribution in [2.24, 2.45) is 11.8 Å². The first-order valence-corrected chi connectivity index (χ1v) is 24.1. The average molecular weight is 1030 g/mol. The van der Waals surface area contributed by atoms with Gasteiger partial charge in [0.05, 0.1) is 49.9 Å². The van der Waals surface area contributed by atoms with Gasteiger partial charge in [-0.05, 0) is 74.8 Å². The highest BCUT2D eigenvalue weighted by Crippen LogP contribution is 2.41. The third-order valence-corrected chi connectivity index (χ3v) is 13.8. The predicted molar refractivity (Wildman–Crippen MR) is 240 cm³/mol. The van der Waals surface area contributed by atoms with Crippen LogP contribution in [0.25, 0.3) is 11.3 Å². The van der Waals surface area contributed by atoms with Crippen LogP contribution in [0.1, 0.15) is 74.8 Å². The maximum atomic E-state index is 14.4. The number of carboxylic acid groups (broad SMARTS) is 1. The molecule has 9 N–H and O–H groups in total. The highest BCUT2D eigenvalue weighted by molar-refractivity contribution is 5.89. The van der Waals surface area contributed by atoms with Crippen molar-refractivity contribution in [2.75, 3.05) is 19.8 Å². The van der Waals surface area contributed by atoms with E-state index in [9.17, 15) is 64.3 Å². The molecule has 0 spiro atoms. The number of hydrogen-bond donors (Lipinski definition) is 9. The zero-order chi connectivity index (χ0) is 52.1. The van der Waals surface area contributed by atoms with Crippen LogP contribution in [0.2, 0.25) is 0 Å². The molecule has 3 aliphatic heterocycles. The van der Waals surface area contributed by atoms with E-state index in [1.165, 1.54) is 38.2 Å². The summed E-state index contributed by atoms with van der Waals surface area (Å²) in [6.07, 6.45) is -23.1. The number of carbonyl (C=O) groups excluding carboxylic acids is 1. The van der Waals surface area contributed by atoms with E-state index in [0.717, 1.165) is 10.7 Å². The minimum Gasteiger partial charge on any atom is -0.479 e. The number of aliphatic hydroxyl groups is 8. The first-order chi connectivity index (χ1) is 34.4. The van der Waals surface area contributed by atoms with E-state index in [-0.39, 0.29) is 41.8 Å². The van der Waals surface area contributed by atoms with Crippen LogP contribution in [0.15, 0.2) is 48.7 Å². The van der Waals surface area contributed by atoms with E-state index < -0.39 is 159 Å². The highest BCUT2D eigenvalue weighted by atomic mass is 19.2. The molecule has 0 amide bonds. The number of aryl methyl sites for hydroxylation is 1. The van der Waals surface area contributed by atoms with Crippen LogP contribution in [0, 0.1) is 30.4 Å². The van der Waals surface area contributed by atoms with Crippen molar-refractivity contribution in [3.63, 3.8) is 0 Å². The number of aromatic nitrogens is 3. The van der Waals surface area contributed by atoms with Crippen LogP contribution < -0.4 is 0 Å².